The van der Waals surface area contributed by atoms with Gasteiger partial charge in [0.05, 0.1) is 0 Å². The summed E-state index contributed by atoms with van der Waals surface area (Å²) in [7, 11) is -0.137. The summed E-state index contributed by atoms with van der Waals surface area (Å²) in [5, 5.41) is 0. The van der Waals surface area contributed by atoms with Gasteiger partial charge in [-0.05, 0) is 132 Å². The molecule has 4 fully saturated rings. The molecule has 3 aromatic rings. The molecule has 1 unspecified atom stereocenters. The number of rotatable bonds is 6. The second-order valence-electron chi connectivity index (χ2n) is 16.2. The molecule has 3 saturated carbocycles. The van der Waals surface area contributed by atoms with Gasteiger partial charge < -0.3 is 9.80 Å². The first kappa shape index (κ1) is 35.4. The minimum absolute atomic E-state index is 0.137. The standard InChI is InChI=1S/C47H61N2P/c1-33-29-35(3)45(36(4)30-33)48-27-28-49(46-37(5)31-34(2)32-38(46)6)47(48)43-23-16-24-44(42(43)26-25-39-17-10-7-11-18-39)50(40-19-12-8-13-20-40)41-21-14-9-15-22-41/h7,10-11,17-18,25,29-32,40-41,44H,8-9,12-16,19-24,27-28H2,1-6H3. The zero-order valence-corrected chi connectivity index (χ0v) is 32.8. The first-order valence-corrected chi connectivity index (χ1v) is 21.6. The molecule has 2 nitrogen and oxygen atoms in total. The van der Waals surface area contributed by atoms with Crippen LogP contribution in [0.5, 0.6) is 0 Å². The second-order valence-corrected chi connectivity index (χ2v) is 19.1. The number of anilines is 2. The van der Waals surface area contributed by atoms with E-state index in [1.165, 1.54) is 133 Å². The molecular formula is C47H61N2P. The first-order valence-electron chi connectivity index (χ1n) is 20.0. The van der Waals surface area contributed by atoms with Crippen molar-refractivity contribution in [2.24, 2.45) is 0 Å². The molecule has 1 aliphatic heterocycles. The van der Waals surface area contributed by atoms with Crippen molar-refractivity contribution in [2.75, 3.05) is 22.9 Å². The summed E-state index contributed by atoms with van der Waals surface area (Å²) in [4.78, 5) is 5.49. The van der Waals surface area contributed by atoms with Gasteiger partial charge >= 0.3 is 0 Å². The van der Waals surface area contributed by atoms with Crippen LogP contribution < -0.4 is 9.80 Å². The number of benzene rings is 3. The van der Waals surface area contributed by atoms with E-state index in [2.05, 4.69) is 118 Å². The Bertz CT molecular complexity index is 1630. The van der Waals surface area contributed by atoms with Crippen LogP contribution in [0.4, 0.5) is 11.4 Å². The number of nitrogens with zero attached hydrogens (tertiary/aromatic N) is 2. The smallest absolute Gasteiger partial charge is 0.117 e. The molecule has 0 radical (unpaired) electrons. The van der Waals surface area contributed by atoms with Crippen LogP contribution in [0, 0.1) is 41.5 Å². The number of allylic oxidation sites excluding steroid dienone is 2. The van der Waals surface area contributed by atoms with Gasteiger partial charge in [-0.15, -0.1) is 5.73 Å². The summed E-state index contributed by atoms with van der Waals surface area (Å²) in [5.74, 6) is 1.45. The SMILES string of the molecule is Cc1cc(C)c(N2CCN(c3c(C)cc(C)cc3C)C2=C2CCCC(P(C3CCCCC3)C3CCCCC3)C2=C=Cc2ccccc2)c(C)c1. The van der Waals surface area contributed by atoms with Crippen LogP contribution in [0.1, 0.15) is 122 Å². The third kappa shape index (κ3) is 7.31. The lowest BCUT2D eigenvalue weighted by Gasteiger charge is -2.46. The van der Waals surface area contributed by atoms with E-state index in [-0.39, 0.29) is 7.92 Å². The van der Waals surface area contributed by atoms with Crippen molar-refractivity contribution in [2.45, 2.75) is 142 Å². The Labute approximate surface area is 305 Å². The van der Waals surface area contributed by atoms with Gasteiger partial charge in [0.15, 0.2) is 0 Å². The summed E-state index contributed by atoms with van der Waals surface area (Å²) in [5.41, 5.74) is 22.2. The van der Waals surface area contributed by atoms with Gasteiger partial charge in [-0.1, -0.05) is 112 Å². The highest BCUT2D eigenvalue weighted by molar-refractivity contribution is 7.60. The lowest BCUT2D eigenvalue weighted by atomic mass is 9.88. The van der Waals surface area contributed by atoms with Gasteiger partial charge in [-0.3, -0.25) is 0 Å². The molecule has 0 spiro atoms. The third-order valence-electron chi connectivity index (χ3n) is 12.2. The molecule has 1 heterocycles. The predicted molar refractivity (Wildman–Crippen MR) is 219 cm³/mol. The molecule has 3 aromatic carbocycles. The maximum Gasteiger partial charge on any atom is 0.117 e. The van der Waals surface area contributed by atoms with Crippen LogP contribution in [-0.2, 0) is 0 Å². The average Bonchev–Trinajstić information content (AvgIpc) is 3.51. The van der Waals surface area contributed by atoms with Gasteiger partial charge in [0.2, 0.25) is 0 Å². The van der Waals surface area contributed by atoms with Crippen molar-refractivity contribution in [1.29, 1.82) is 0 Å². The van der Waals surface area contributed by atoms with Crippen molar-refractivity contribution < 1.29 is 0 Å². The van der Waals surface area contributed by atoms with Crippen LogP contribution >= 0.6 is 7.92 Å². The van der Waals surface area contributed by atoms with Crippen molar-refractivity contribution >= 4 is 25.4 Å². The molecule has 0 N–H and O–H groups in total. The Morgan fingerprint density at radius 3 is 1.56 bits per heavy atom. The van der Waals surface area contributed by atoms with Crippen LogP contribution in [-0.4, -0.2) is 30.1 Å². The first-order chi connectivity index (χ1) is 24.3. The minimum Gasteiger partial charge on any atom is -0.325 e. The maximum atomic E-state index is 4.19. The Balaban J connectivity index is 1.47. The molecule has 4 aliphatic rings. The zero-order chi connectivity index (χ0) is 34.8. The Morgan fingerprint density at radius 2 is 1.08 bits per heavy atom. The Hall–Kier alpha value is -3.05. The highest BCUT2D eigenvalue weighted by atomic mass is 31.1. The van der Waals surface area contributed by atoms with Gasteiger partial charge in [-0.25, -0.2) is 0 Å². The van der Waals surface area contributed by atoms with Crippen LogP contribution in [0.15, 0.2) is 77.3 Å². The summed E-state index contributed by atoms with van der Waals surface area (Å²) >= 11 is 0. The summed E-state index contributed by atoms with van der Waals surface area (Å²) in [6, 6.07) is 20.6. The normalized spacial score (nSPS) is 20.9. The molecule has 0 amide bonds. The summed E-state index contributed by atoms with van der Waals surface area (Å²) in [6.45, 7) is 15.9. The molecule has 50 heavy (non-hydrogen) atoms. The molecule has 1 atom stereocenters. The molecular weight excluding hydrogens is 624 g/mol. The molecule has 3 heteroatoms. The maximum absolute atomic E-state index is 4.19. The Morgan fingerprint density at radius 1 is 0.600 bits per heavy atom. The van der Waals surface area contributed by atoms with E-state index in [0.717, 1.165) is 30.8 Å². The van der Waals surface area contributed by atoms with Crippen molar-refractivity contribution in [3.05, 3.63) is 116 Å². The fourth-order valence-electron chi connectivity index (χ4n) is 10.5. The molecule has 1 saturated heterocycles. The largest absolute Gasteiger partial charge is 0.325 e. The zero-order valence-electron chi connectivity index (χ0n) is 32.0. The molecule has 0 bridgehead atoms. The van der Waals surface area contributed by atoms with Crippen molar-refractivity contribution in [1.82, 2.24) is 0 Å². The van der Waals surface area contributed by atoms with Gasteiger partial charge in [-0.2, -0.15) is 0 Å². The van der Waals surface area contributed by atoms with E-state index in [1.807, 2.05) is 0 Å². The van der Waals surface area contributed by atoms with E-state index in [4.69, 9.17) is 0 Å². The summed E-state index contributed by atoms with van der Waals surface area (Å²) in [6.07, 6.45) is 20.6. The van der Waals surface area contributed by atoms with Crippen LogP contribution in [0.3, 0.4) is 0 Å². The second kappa shape index (κ2) is 15.7. The lowest BCUT2D eigenvalue weighted by Crippen LogP contribution is -2.33. The van der Waals surface area contributed by atoms with E-state index in [0.29, 0.717) is 5.66 Å². The van der Waals surface area contributed by atoms with E-state index < -0.39 is 0 Å². The van der Waals surface area contributed by atoms with E-state index in [9.17, 15) is 0 Å². The molecule has 3 aliphatic carbocycles. The minimum atomic E-state index is -0.137. The van der Waals surface area contributed by atoms with Crippen molar-refractivity contribution in [3.63, 3.8) is 0 Å². The van der Waals surface area contributed by atoms with Gasteiger partial charge in [0.1, 0.15) is 5.82 Å². The lowest BCUT2D eigenvalue weighted by molar-refractivity contribution is 0.479. The number of hydrogen-bond acceptors (Lipinski definition) is 2. The fourth-order valence-corrected chi connectivity index (χ4v) is 15.0. The molecule has 0 aromatic heterocycles. The quantitative estimate of drug-likeness (QED) is 0.188. The molecule has 264 valence electrons. The van der Waals surface area contributed by atoms with Gasteiger partial charge in [0, 0.05) is 41.3 Å². The van der Waals surface area contributed by atoms with Crippen molar-refractivity contribution in [3.8, 4) is 0 Å². The average molecular weight is 685 g/mol. The van der Waals surface area contributed by atoms with Gasteiger partial charge in [0.25, 0.3) is 0 Å². The number of aryl methyl sites for hydroxylation is 6. The number of hydrogen-bond donors (Lipinski definition) is 0. The third-order valence-corrected chi connectivity index (χ3v) is 16.2. The highest BCUT2D eigenvalue weighted by Crippen LogP contribution is 2.63. The summed E-state index contributed by atoms with van der Waals surface area (Å²) < 4.78 is 0. The van der Waals surface area contributed by atoms with Crippen LogP contribution in [0.2, 0.25) is 0 Å². The van der Waals surface area contributed by atoms with Crippen LogP contribution in [0.25, 0.3) is 6.08 Å². The monoisotopic (exact) mass is 684 g/mol. The fraction of sp³-hybridized carbons (Fsp3) is 0.511. The highest BCUT2D eigenvalue weighted by Gasteiger charge is 2.43. The van der Waals surface area contributed by atoms with E-state index >= 15 is 0 Å². The van der Waals surface area contributed by atoms with E-state index in [1.54, 1.807) is 11.1 Å². The molecule has 7 rings (SSSR count). The Kier molecular flexibility index (Phi) is 11.1. The predicted octanol–water partition coefficient (Wildman–Crippen LogP) is 13.0. The topological polar surface area (TPSA) is 6.48 Å².